The number of anilines is 1. The minimum Gasteiger partial charge on any atom is -0.493 e. The van der Waals surface area contributed by atoms with Gasteiger partial charge in [0.1, 0.15) is 0 Å². The maximum Gasteiger partial charge on any atom is 0.162 e. The summed E-state index contributed by atoms with van der Waals surface area (Å²) in [7, 11) is 3.28. The van der Waals surface area contributed by atoms with Crippen molar-refractivity contribution in [3.05, 3.63) is 18.2 Å². The molecule has 15 heavy (non-hydrogen) atoms. The summed E-state index contributed by atoms with van der Waals surface area (Å²) in [6.07, 6.45) is 2.09. The van der Waals surface area contributed by atoms with Crippen molar-refractivity contribution < 1.29 is 9.47 Å². The minimum atomic E-state index is 0.756. The van der Waals surface area contributed by atoms with Crippen molar-refractivity contribution >= 4 is 17.4 Å². The Morgan fingerprint density at radius 1 is 1.20 bits per heavy atom. The van der Waals surface area contributed by atoms with E-state index in [0.29, 0.717) is 0 Å². The predicted molar refractivity (Wildman–Crippen MR) is 66.4 cm³/mol. The normalized spacial score (nSPS) is 9.80. The molecule has 3 nitrogen and oxygen atoms in total. The number of hydrogen-bond acceptors (Lipinski definition) is 4. The summed E-state index contributed by atoms with van der Waals surface area (Å²) in [5, 5.41) is 3.32. The molecule has 0 saturated carbocycles. The van der Waals surface area contributed by atoms with Crippen LogP contribution in [0.1, 0.15) is 0 Å². The van der Waals surface area contributed by atoms with E-state index in [1.54, 1.807) is 14.2 Å². The molecule has 0 heterocycles. The lowest BCUT2D eigenvalue weighted by Crippen LogP contribution is -2.03. The Kier molecular flexibility index (Phi) is 5.18. The van der Waals surface area contributed by atoms with E-state index in [0.717, 1.165) is 29.5 Å². The molecule has 0 unspecified atom stereocenters. The van der Waals surface area contributed by atoms with Gasteiger partial charge in [-0.3, -0.25) is 0 Å². The van der Waals surface area contributed by atoms with Crippen molar-refractivity contribution in [3.8, 4) is 11.5 Å². The van der Waals surface area contributed by atoms with Crippen LogP contribution in [0.15, 0.2) is 18.2 Å². The molecule has 0 amide bonds. The topological polar surface area (TPSA) is 30.5 Å². The molecule has 1 aromatic carbocycles. The van der Waals surface area contributed by atoms with Gasteiger partial charge in [0.05, 0.1) is 14.2 Å². The second-order valence-corrected chi connectivity index (χ2v) is 3.97. The highest BCUT2D eigenvalue weighted by Gasteiger charge is 2.03. The molecule has 1 aromatic rings. The molecule has 0 aliphatic rings. The van der Waals surface area contributed by atoms with Gasteiger partial charge in [-0.05, 0) is 18.4 Å². The van der Waals surface area contributed by atoms with E-state index in [-0.39, 0.29) is 0 Å². The number of rotatable bonds is 6. The highest BCUT2D eigenvalue weighted by molar-refractivity contribution is 7.98. The Balaban J connectivity index is 2.66. The summed E-state index contributed by atoms with van der Waals surface area (Å²) >= 11 is 1.82. The summed E-state index contributed by atoms with van der Waals surface area (Å²) in [6, 6.07) is 5.83. The number of methoxy groups -OCH3 is 2. The lowest BCUT2D eigenvalue weighted by Gasteiger charge is -2.10. The second kappa shape index (κ2) is 6.45. The first-order chi connectivity index (χ1) is 7.31. The standard InChI is InChI=1S/C11H17NO2S/c1-13-10-5-4-9(8-11(10)14-2)12-6-7-15-3/h4-5,8,12H,6-7H2,1-3H3. The first-order valence-corrected chi connectivity index (χ1v) is 6.16. The minimum absolute atomic E-state index is 0.756. The van der Waals surface area contributed by atoms with E-state index < -0.39 is 0 Å². The second-order valence-electron chi connectivity index (χ2n) is 2.99. The highest BCUT2D eigenvalue weighted by Crippen LogP contribution is 2.29. The van der Waals surface area contributed by atoms with Gasteiger partial charge >= 0.3 is 0 Å². The van der Waals surface area contributed by atoms with Crippen molar-refractivity contribution in [2.24, 2.45) is 0 Å². The van der Waals surface area contributed by atoms with E-state index in [2.05, 4.69) is 11.6 Å². The molecule has 1 rings (SSSR count). The van der Waals surface area contributed by atoms with Crippen LogP contribution in [0, 0.1) is 0 Å². The molecule has 0 atom stereocenters. The Morgan fingerprint density at radius 3 is 2.53 bits per heavy atom. The monoisotopic (exact) mass is 227 g/mol. The summed E-state index contributed by atoms with van der Waals surface area (Å²) in [4.78, 5) is 0. The van der Waals surface area contributed by atoms with Crippen molar-refractivity contribution in [1.82, 2.24) is 0 Å². The first-order valence-electron chi connectivity index (χ1n) is 4.76. The Bertz CT molecular complexity index is 305. The van der Waals surface area contributed by atoms with Gasteiger partial charge in [-0.25, -0.2) is 0 Å². The fourth-order valence-corrected chi connectivity index (χ4v) is 1.55. The molecule has 0 saturated heterocycles. The number of hydrogen-bond donors (Lipinski definition) is 1. The predicted octanol–water partition coefficient (Wildman–Crippen LogP) is 2.48. The maximum atomic E-state index is 5.21. The number of nitrogens with one attached hydrogen (secondary N) is 1. The molecule has 0 spiro atoms. The third-order valence-corrected chi connectivity index (χ3v) is 2.63. The van der Waals surface area contributed by atoms with E-state index in [1.807, 2.05) is 30.0 Å². The molecule has 0 aliphatic carbocycles. The molecular weight excluding hydrogens is 210 g/mol. The van der Waals surface area contributed by atoms with Crippen LogP contribution < -0.4 is 14.8 Å². The third-order valence-electron chi connectivity index (χ3n) is 2.02. The summed E-state index contributed by atoms with van der Waals surface area (Å²) < 4.78 is 10.4. The van der Waals surface area contributed by atoms with Crippen molar-refractivity contribution in [2.45, 2.75) is 0 Å². The molecule has 0 fully saturated rings. The Labute approximate surface area is 95.2 Å². The van der Waals surface area contributed by atoms with E-state index >= 15 is 0 Å². The van der Waals surface area contributed by atoms with E-state index in [4.69, 9.17) is 9.47 Å². The van der Waals surface area contributed by atoms with Gasteiger partial charge in [0.2, 0.25) is 0 Å². The van der Waals surface area contributed by atoms with Gasteiger partial charge in [-0.1, -0.05) is 0 Å². The summed E-state index contributed by atoms with van der Waals surface area (Å²) in [5.41, 5.74) is 1.06. The van der Waals surface area contributed by atoms with Crippen LogP contribution in [0.25, 0.3) is 0 Å². The smallest absolute Gasteiger partial charge is 0.162 e. The largest absolute Gasteiger partial charge is 0.493 e. The van der Waals surface area contributed by atoms with Crippen LogP contribution in [-0.2, 0) is 0 Å². The zero-order valence-corrected chi connectivity index (χ0v) is 10.2. The fourth-order valence-electron chi connectivity index (χ4n) is 1.24. The first kappa shape index (κ1) is 12.0. The molecule has 0 bridgehead atoms. The molecule has 0 radical (unpaired) electrons. The Morgan fingerprint density at radius 2 is 1.93 bits per heavy atom. The lowest BCUT2D eigenvalue weighted by atomic mass is 10.2. The Hall–Kier alpha value is -1.03. The van der Waals surface area contributed by atoms with Crippen LogP contribution in [0.2, 0.25) is 0 Å². The lowest BCUT2D eigenvalue weighted by molar-refractivity contribution is 0.355. The van der Waals surface area contributed by atoms with Gasteiger partial charge in [0, 0.05) is 24.1 Å². The van der Waals surface area contributed by atoms with Crippen LogP contribution in [0.3, 0.4) is 0 Å². The van der Waals surface area contributed by atoms with Gasteiger partial charge in [0.15, 0.2) is 11.5 Å². The fraction of sp³-hybridized carbons (Fsp3) is 0.455. The number of thioether (sulfide) groups is 1. The molecule has 0 aliphatic heterocycles. The molecule has 0 aromatic heterocycles. The van der Waals surface area contributed by atoms with Gasteiger partial charge in [-0.2, -0.15) is 11.8 Å². The van der Waals surface area contributed by atoms with Gasteiger partial charge < -0.3 is 14.8 Å². The highest BCUT2D eigenvalue weighted by atomic mass is 32.2. The SMILES string of the molecule is COc1ccc(NCCSC)cc1OC. The number of ether oxygens (including phenoxy) is 2. The van der Waals surface area contributed by atoms with Crippen molar-refractivity contribution in [3.63, 3.8) is 0 Å². The van der Waals surface area contributed by atoms with E-state index in [9.17, 15) is 0 Å². The number of benzene rings is 1. The van der Waals surface area contributed by atoms with Gasteiger partial charge in [-0.15, -0.1) is 0 Å². The van der Waals surface area contributed by atoms with Crippen LogP contribution in [0.4, 0.5) is 5.69 Å². The molecule has 84 valence electrons. The van der Waals surface area contributed by atoms with Crippen LogP contribution in [-0.4, -0.2) is 32.8 Å². The summed E-state index contributed by atoms with van der Waals surface area (Å²) in [6.45, 7) is 0.955. The molecule has 4 heteroatoms. The molecule has 1 N–H and O–H groups in total. The maximum absolute atomic E-state index is 5.21. The molecular formula is C11H17NO2S. The zero-order valence-electron chi connectivity index (χ0n) is 9.37. The van der Waals surface area contributed by atoms with Crippen molar-refractivity contribution in [2.75, 3.05) is 38.1 Å². The quantitative estimate of drug-likeness (QED) is 0.756. The van der Waals surface area contributed by atoms with Crippen LogP contribution in [0.5, 0.6) is 11.5 Å². The average molecular weight is 227 g/mol. The van der Waals surface area contributed by atoms with E-state index in [1.165, 1.54) is 0 Å². The zero-order chi connectivity index (χ0) is 11.1. The summed E-state index contributed by atoms with van der Waals surface area (Å²) in [5.74, 6) is 2.61. The van der Waals surface area contributed by atoms with Gasteiger partial charge in [0.25, 0.3) is 0 Å². The third kappa shape index (κ3) is 3.55. The van der Waals surface area contributed by atoms with Crippen LogP contribution >= 0.6 is 11.8 Å². The average Bonchev–Trinajstić information content (AvgIpc) is 2.29. The van der Waals surface area contributed by atoms with Crippen molar-refractivity contribution in [1.29, 1.82) is 0 Å².